The molecule has 0 saturated carbocycles. The Hall–Kier alpha value is -4.23. The first-order valence-electron chi connectivity index (χ1n) is 10.7. The number of aromatic nitrogens is 5. The number of rotatable bonds is 6. The van der Waals surface area contributed by atoms with Gasteiger partial charge in [0.05, 0.1) is 23.5 Å². The van der Waals surface area contributed by atoms with Gasteiger partial charge in [-0.05, 0) is 36.8 Å². The molecule has 8 heteroatoms. The van der Waals surface area contributed by atoms with Crippen LogP contribution in [-0.2, 0) is 6.54 Å². The van der Waals surface area contributed by atoms with Crippen molar-refractivity contribution >= 4 is 23.5 Å². The van der Waals surface area contributed by atoms with Crippen molar-refractivity contribution in [3.05, 3.63) is 113 Å². The Kier molecular flexibility index (Phi) is 5.93. The monoisotopic (exact) mass is 468 g/mol. The lowest BCUT2D eigenvalue weighted by atomic mass is 10.1. The Morgan fingerprint density at radius 2 is 1.59 bits per heavy atom. The molecular weight excluding hydrogens is 448 g/mol. The fraction of sp³-hybridized carbons (Fsp3) is 0.0769. The van der Waals surface area contributed by atoms with Gasteiger partial charge in [0.2, 0.25) is 5.95 Å². The highest BCUT2D eigenvalue weighted by atomic mass is 35.5. The van der Waals surface area contributed by atoms with E-state index >= 15 is 0 Å². The van der Waals surface area contributed by atoms with Gasteiger partial charge in [0.25, 0.3) is 5.91 Å². The number of carbonyl (C=O) groups is 1. The summed E-state index contributed by atoms with van der Waals surface area (Å²) in [5.74, 6) is -0.0902. The Morgan fingerprint density at radius 3 is 2.29 bits per heavy atom. The molecular formula is C26H21ClN6O. The lowest BCUT2D eigenvalue weighted by molar-refractivity contribution is 0.102. The minimum atomic E-state index is -0.317. The molecule has 0 radical (unpaired) electrons. The van der Waals surface area contributed by atoms with Gasteiger partial charge in [-0.3, -0.25) is 10.1 Å². The number of hydrogen-bond donors (Lipinski definition) is 1. The summed E-state index contributed by atoms with van der Waals surface area (Å²) in [6.45, 7) is 2.40. The van der Waals surface area contributed by atoms with Gasteiger partial charge in [-0.15, -0.1) is 5.10 Å². The SMILES string of the molecule is Cc1c(C(=O)Nc2ncn(Cc3ccc(Cl)cc3)n2)c(-c2ccccc2)nn1-c1ccccc1. The van der Waals surface area contributed by atoms with E-state index in [9.17, 15) is 4.79 Å². The van der Waals surface area contributed by atoms with Gasteiger partial charge in [0, 0.05) is 10.6 Å². The first kappa shape index (κ1) is 21.6. The highest BCUT2D eigenvalue weighted by Crippen LogP contribution is 2.28. The van der Waals surface area contributed by atoms with E-state index in [1.807, 2.05) is 91.9 Å². The quantitative estimate of drug-likeness (QED) is 0.362. The van der Waals surface area contributed by atoms with E-state index in [-0.39, 0.29) is 11.9 Å². The molecule has 2 heterocycles. The van der Waals surface area contributed by atoms with Gasteiger partial charge in [-0.2, -0.15) is 5.10 Å². The molecule has 168 valence electrons. The van der Waals surface area contributed by atoms with E-state index in [0.29, 0.717) is 22.8 Å². The highest BCUT2D eigenvalue weighted by molar-refractivity contribution is 6.30. The fourth-order valence-electron chi connectivity index (χ4n) is 3.76. The van der Waals surface area contributed by atoms with Crippen molar-refractivity contribution in [2.45, 2.75) is 13.5 Å². The molecule has 1 N–H and O–H groups in total. The average molecular weight is 469 g/mol. The van der Waals surface area contributed by atoms with Crippen LogP contribution >= 0.6 is 11.6 Å². The summed E-state index contributed by atoms with van der Waals surface area (Å²) < 4.78 is 3.45. The van der Waals surface area contributed by atoms with Crippen LogP contribution in [0.2, 0.25) is 5.02 Å². The van der Waals surface area contributed by atoms with Gasteiger partial charge in [0.15, 0.2) is 0 Å². The second-order valence-corrected chi connectivity index (χ2v) is 8.21. The summed E-state index contributed by atoms with van der Waals surface area (Å²) >= 11 is 5.96. The maximum atomic E-state index is 13.4. The third kappa shape index (κ3) is 4.46. The largest absolute Gasteiger partial charge is 0.289 e. The second kappa shape index (κ2) is 9.33. The van der Waals surface area contributed by atoms with E-state index in [1.54, 1.807) is 15.7 Å². The van der Waals surface area contributed by atoms with Crippen molar-refractivity contribution in [2.75, 3.05) is 5.32 Å². The van der Waals surface area contributed by atoms with Crippen LogP contribution in [0, 0.1) is 6.92 Å². The van der Waals surface area contributed by atoms with Crippen LogP contribution in [0.1, 0.15) is 21.6 Å². The number of benzene rings is 3. The average Bonchev–Trinajstić information content (AvgIpc) is 3.45. The number of para-hydroxylation sites is 1. The van der Waals surface area contributed by atoms with Gasteiger partial charge >= 0.3 is 0 Å². The number of hydrogen-bond acceptors (Lipinski definition) is 4. The van der Waals surface area contributed by atoms with Crippen molar-refractivity contribution in [2.24, 2.45) is 0 Å². The number of nitrogens with zero attached hydrogens (tertiary/aromatic N) is 5. The third-order valence-corrected chi connectivity index (χ3v) is 5.66. The zero-order chi connectivity index (χ0) is 23.5. The first-order valence-corrected chi connectivity index (χ1v) is 11.1. The second-order valence-electron chi connectivity index (χ2n) is 7.77. The van der Waals surface area contributed by atoms with Crippen LogP contribution in [0.3, 0.4) is 0 Å². The Bertz CT molecular complexity index is 1430. The maximum Gasteiger partial charge on any atom is 0.262 e. The molecule has 2 aromatic heterocycles. The van der Waals surface area contributed by atoms with Crippen LogP contribution in [0.25, 0.3) is 16.9 Å². The number of nitrogens with one attached hydrogen (secondary N) is 1. The van der Waals surface area contributed by atoms with Crippen LogP contribution < -0.4 is 5.32 Å². The zero-order valence-corrected chi connectivity index (χ0v) is 19.1. The third-order valence-electron chi connectivity index (χ3n) is 5.41. The fourth-order valence-corrected chi connectivity index (χ4v) is 3.89. The normalized spacial score (nSPS) is 10.9. The van der Waals surface area contributed by atoms with Crippen molar-refractivity contribution < 1.29 is 4.79 Å². The molecule has 0 atom stereocenters. The van der Waals surface area contributed by atoms with Crippen LogP contribution in [0.5, 0.6) is 0 Å². The summed E-state index contributed by atoms with van der Waals surface area (Å²) in [4.78, 5) is 17.7. The molecule has 0 aliphatic carbocycles. The van der Waals surface area contributed by atoms with E-state index < -0.39 is 0 Å². The molecule has 5 aromatic rings. The topological polar surface area (TPSA) is 77.6 Å². The minimum Gasteiger partial charge on any atom is -0.289 e. The molecule has 0 spiro atoms. The van der Waals surface area contributed by atoms with E-state index in [2.05, 4.69) is 15.4 Å². The standard InChI is InChI=1S/C26H21ClN6O/c1-18-23(24(20-8-4-2-5-9-20)30-33(18)22-10-6-3-7-11-22)25(34)29-26-28-17-32(31-26)16-19-12-14-21(27)15-13-19/h2-15,17H,16H2,1H3,(H,29,31,34). The molecule has 0 aliphatic rings. The number of anilines is 1. The van der Waals surface area contributed by atoms with Crippen molar-refractivity contribution in [1.29, 1.82) is 0 Å². The van der Waals surface area contributed by atoms with Crippen molar-refractivity contribution in [3.63, 3.8) is 0 Å². The van der Waals surface area contributed by atoms with E-state index in [0.717, 1.165) is 22.5 Å². The number of halogens is 1. The molecule has 7 nitrogen and oxygen atoms in total. The Balaban J connectivity index is 1.45. The van der Waals surface area contributed by atoms with Crippen LogP contribution in [0.4, 0.5) is 5.95 Å². The molecule has 34 heavy (non-hydrogen) atoms. The van der Waals surface area contributed by atoms with Gasteiger partial charge in [-0.25, -0.2) is 14.3 Å². The summed E-state index contributed by atoms with van der Waals surface area (Å²) in [5.41, 5.74) is 4.55. The lowest BCUT2D eigenvalue weighted by Crippen LogP contribution is -2.15. The molecule has 1 amide bonds. The minimum absolute atomic E-state index is 0.227. The molecule has 0 bridgehead atoms. The molecule has 0 aliphatic heterocycles. The molecule has 3 aromatic carbocycles. The van der Waals surface area contributed by atoms with Crippen molar-refractivity contribution in [3.8, 4) is 16.9 Å². The van der Waals surface area contributed by atoms with Gasteiger partial charge in [-0.1, -0.05) is 72.3 Å². The maximum absolute atomic E-state index is 13.4. The summed E-state index contributed by atoms with van der Waals surface area (Å²) in [5, 5.41) is 12.7. The lowest BCUT2D eigenvalue weighted by Gasteiger charge is -2.05. The Morgan fingerprint density at radius 1 is 0.912 bits per heavy atom. The summed E-state index contributed by atoms with van der Waals surface area (Å²) in [7, 11) is 0. The predicted octanol–water partition coefficient (Wildman–Crippen LogP) is 5.39. The van der Waals surface area contributed by atoms with E-state index in [1.165, 1.54) is 0 Å². The van der Waals surface area contributed by atoms with Gasteiger partial charge in [0.1, 0.15) is 12.0 Å². The predicted molar refractivity (Wildman–Crippen MR) is 132 cm³/mol. The number of carbonyl (C=O) groups excluding carboxylic acids is 1. The van der Waals surface area contributed by atoms with Crippen molar-refractivity contribution in [1.82, 2.24) is 24.5 Å². The number of amides is 1. The summed E-state index contributed by atoms with van der Waals surface area (Å²) in [6.07, 6.45) is 1.59. The first-order chi connectivity index (χ1) is 16.6. The Labute approximate surface area is 201 Å². The van der Waals surface area contributed by atoms with Gasteiger partial charge < -0.3 is 0 Å². The van der Waals surface area contributed by atoms with Crippen LogP contribution in [0.15, 0.2) is 91.3 Å². The summed E-state index contributed by atoms with van der Waals surface area (Å²) in [6, 6.07) is 26.9. The van der Waals surface area contributed by atoms with E-state index in [4.69, 9.17) is 16.7 Å². The van der Waals surface area contributed by atoms with Crippen LogP contribution in [-0.4, -0.2) is 30.5 Å². The highest BCUT2D eigenvalue weighted by Gasteiger charge is 2.24. The molecule has 0 saturated heterocycles. The smallest absolute Gasteiger partial charge is 0.262 e. The molecule has 0 fully saturated rings. The molecule has 0 unspecified atom stereocenters. The molecule has 5 rings (SSSR count). The zero-order valence-electron chi connectivity index (χ0n) is 18.4.